The molecular weight excluding hydrogens is 138 g/mol. The fourth-order valence-electron chi connectivity index (χ4n) is 0.687. The monoisotopic (exact) mass is 145 g/mol. The molecule has 1 aromatic heterocycles. The van der Waals surface area contributed by atoms with Crippen molar-refractivity contribution in [2.24, 2.45) is 0 Å². The van der Waals surface area contributed by atoms with E-state index in [1.165, 1.54) is 6.20 Å². The summed E-state index contributed by atoms with van der Waals surface area (Å²) in [6, 6.07) is 1.65. The van der Waals surface area contributed by atoms with Crippen LogP contribution in [0, 0.1) is 17.8 Å². The van der Waals surface area contributed by atoms with Gasteiger partial charge in [0.25, 0.3) is 0 Å². The van der Waals surface area contributed by atoms with Crippen LogP contribution in [0.3, 0.4) is 0 Å². The Labute approximate surface area is 64.8 Å². The van der Waals surface area contributed by atoms with E-state index in [0.29, 0.717) is 16.9 Å². The quantitative estimate of drug-likeness (QED) is 0.450. The number of hydrogen-bond donors (Lipinski definition) is 2. The van der Waals surface area contributed by atoms with Gasteiger partial charge in [0.1, 0.15) is 5.82 Å². The molecule has 54 valence electrons. The van der Waals surface area contributed by atoms with E-state index in [-0.39, 0.29) is 0 Å². The van der Waals surface area contributed by atoms with Gasteiger partial charge in [-0.3, -0.25) is 0 Å². The second-order valence-corrected chi connectivity index (χ2v) is 1.99. The maximum Gasteiger partial charge on any atom is 0.132 e. The number of nitrogens with one attached hydrogen (secondary N) is 1. The van der Waals surface area contributed by atoms with Crippen molar-refractivity contribution >= 4 is 12.0 Å². The number of hydrogen-bond acceptors (Lipinski definition) is 3. The third-order valence-corrected chi connectivity index (χ3v) is 1.27. The number of terminal acetylenes is 1. The first-order valence-corrected chi connectivity index (χ1v) is 3.00. The summed E-state index contributed by atoms with van der Waals surface area (Å²) in [5, 5.41) is 6.94. The summed E-state index contributed by atoms with van der Waals surface area (Å²) in [5.74, 6) is 2.74. The van der Waals surface area contributed by atoms with Gasteiger partial charge >= 0.3 is 0 Å². The topological polar surface area (TPSA) is 62.8 Å². The summed E-state index contributed by atoms with van der Waals surface area (Å²) in [4.78, 5) is 3.80. The largest absolute Gasteiger partial charge is 0.383 e. The molecule has 0 fully saturated rings. The second kappa shape index (κ2) is 2.84. The molecule has 0 amide bonds. The molecule has 0 atom stereocenters. The van der Waals surface area contributed by atoms with Crippen molar-refractivity contribution in [3.05, 3.63) is 23.4 Å². The van der Waals surface area contributed by atoms with Gasteiger partial charge in [-0.1, -0.05) is 5.92 Å². The Balaban J connectivity index is 3.25. The summed E-state index contributed by atoms with van der Waals surface area (Å²) in [5.41, 5.74) is 6.62. The zero-order valence-corrected chi connectivity index (χ0v) is 5.83. The fourth-order valence-corrected chi connectivity index (χ4v) is 0.687. The molecular formula is C8H7N3. The van der Waals surface area contributed by atoms with Crippen LogP contribution in [-0.2, 0) is 0 Å². The highest BCUT2D eigenvalue weighted by Crippen LogP contribution is 2.06. The lowest BCUT2D eigenvalue weighted by Gasteiger charge is -1.97. The average molecular weight is 145 g/mol. The molecule has 0 saturated carbocycles. The summed E-state index contributed by atoms with van der Waals surface area (Å²) < 4.78 is 0. The first-order valence-electron chi connectivity index (χ1n) is 3.00. The van der Waals surface area contributed by atoms with Crippen molar-refractivity contribution in [3.8, 4) is 12.3 Å². The average Bonchev–Trinajstić information content (AvgIpc) is 2.05. The van der Waals surface area contributed by atoms with Crippen LogP contribution in [0.4, 0.5) is 5.82 Å². The normalized spacial score (nSPS) is 8.64. The van der Waals surface area contributed by atoms with E-state index >= 15 is 0 Å². The van der Waals surface area contributed by atoms with Gasteiger partial charge in [0.05, 0.1) is 0 Å². The van der Waals surface area contributed by atoms with Gasteiger partial charge in [-0.15, -0.1) is 6.42 Å². The first kappa shape index (κ1) is 7.29. The maximum absolute atomic E-state index is 6.94. The van der Waals surface area contributed by atoms with Crippen molar-refractivity contribution in [1.82, 2.24) is 4.98 Å². The second-order valence-electron chi connectivity index (χ2n) is 1.99. The molecule has 0 spiro atoms. The van der Waals surface area contributed by atoms with Gasteiger partial charge in [-0.25, -0.2) is 4.98 Å². The minimum absolute atomic E-state index is 0.332. The van der Waals surface area contributed by atoms with Gasteiger partial charge in [0.15, 0.2) is 0 Å². The van der Waals surface area contributed by atoms with Crippen LogP contribution in [0.5, 0.6) is 0 Å². The molecule has 0 aliphatic carbocycles. The number of nitrogens with two attached hydrogens (primary N) is 1. The number of pyridine rings is 1. The smallest absolute Gasteiger partial charge is 0.132 e. The lowest BCUT2D eigenvalue weighted by molar-refractivity contribution is 1.31. The van der Waals surface area contributed by atoms with Gasteiger partial charge in [-0.05, 0) is 6.07 Å². The predicted molar refractivity (Wildman–Crippen MR) is 44.5 cm³/mol. The van der Waals surface area contributed by atoms with Crippen molar-refractivity contribution < 1.29 is 0 Å². The Morgan fingerprint density at radius 1 is 1.73 bits per heavy atom. The minimum Gasteiger partial charge on any atom is -0.383 e. The molecule has 1 rings (SSSR count). The van der Waals surface area contributed by atoms with Gasteiger partial charge in [-0.2, -0.15) is 0 Å². The van der Waals surface area contributed by atoms with Crippen molar-refractivity contribution in [3.63, 3.8) is 0 Å². The van der Waals surface area contributed by atoms with E-state index in [1.54, 1.807) is 6.07 Å². The van der Waals surface area contributed by atoms with Crippen molar-refractivity contribution in [2.75, 3.05) is 5.73 Å². The molecule has 11 heavy (non-hydrogen) atoms. The fraction of sp³-hybridized carbons (Fsp3) is 0. The lowest BCUT2D eigenvalue weighted by atomic mass is 10.2. The van der Waals surface area contributed by atoms with Crippen LogP contribution in [0.1, 0.15) is 11.1 Å². The van der Waals surface area contributed by atoms with E-state index < -0.39 is 0 Å². The number of rotatable bonds is 1. The third-order valence-electron chi connectivity index (χ3n) is 1.27. The number of aromatic nitrogens is 1. The van der Waals surface area contributed by atoms with Gasteiger partial charge in [0, 0.05) is 23.5 Å². The Bertz CT molecular complexity index is 323. The molecule has 0 aliphatic rings. The summed E-state index contributed by atoms with van der Waals surface area (Å²) in [6.07, 6.45) is 7.75. The highest BCUT2D eigenvalue weighted by molar-refractivity contribution is 5.83. The predicted octanol–water partition coefficient (Wildman–Crippen LogP) is 0.643. The Morgan fingerprint density at radius 3 is 3.00 bits per heavy atom. The highest BCUT2D eigenvalue weighted by Gasteiger charge is 1.96. The Hall–Kier alpha value is -1.82. The number of nitrogens with zero attached hydrogens (tertiary/aromatic N) is 1. The zero-order chi connectivity index (χ0) is 8.27. The maximum atomic E-state index is 6.94. The van der Waals surface area contributed by atoms with Crippen LogP contribution >= 0.6 is 0 Å². The van der Waals surface area contributed by atoms with Crippen LogP contribution in [0.2, 0.25) is 0 Å². The molecule has 0 radical (unpaired) electrons. The molecule has 0 saturated heterocycles. The van der Waals surface area contributed by atoms with Crippen molar-refractivity contribution in [2.45, 2.75) is 0 Å². The minimum atomic E-state index is 0.332. The molecule has 0 aliphatic heterocycles. The molecule has 0 unspecified atom stereocenters. The summed E-state index contributed by atoms with van der Waals surface area (Å²) in [6.45, 7) is 0. The molecule has 3 heteroatoms. The van der Waals surface area contributed by atoms with Crippen LogP contribution in [0.15, 0.2) is 12.3 Å². The van der Waals surface area contributed by atoms with Crippen LogP contribution in [0.25, 0.3) is 0 Å². The lowest BCUT2D eigenvalue weighted by Crippen LogP contribution is -1.96. The van der Waals surface area contributed by atoms with Crippen molar-refractivity contribution in [1.29, 1.82) is 5.41 Å². The van der Waals surface area contributed by atoms with Crippen LogP contribution in [-0.4, -0.2) is 11.2 Å². The summed E-state index contributed by atoms with van der Waals surface area (Å²) in [7, 11) is 0. The van der Waals surface area contributed by atoms with E-state index in [4.69, 9.17) is 17.6 Å². The Morgan fingerprint density at radius 2 is 2.45 bits per heavy atom. The summed E-state index contributed by atoms with van der Waals surface area (Å²) >= 11 is 0. The molecule has 0 bridgehead atoms. The molecule has 1 heterocycles. The molecule has 1 aromatic rings. The standard InChI is InChI=1S/C8H7N3/c1-2-6-3-7(4-9)8(10)11-5-6/h1,3-5,9H,(H2,10,11). The Kier molecular flexibility index (Phi) is 1.88. The van der Waals surface area contributed by atoms with Gasteiger partial charge < -0.3 is 11.1 Å². The SMILES string of the molecule is C#Cc1cnc(N)c(C=N)c1. The van der Waals surface area contributed by atoms with E-state index in [9.17, 15) is 0 Å². The van der Waals surface area contributed by atoms with Crippen LogP contribution < -0.4 is 5.73 Å². The van der Waals surface area contributed by atoms with E-state index in [1.807, 2.05) is 0 Å². The number of anilines is 1. The number of nitrogen functional groups attached to an aromatic ring is 1. The zero-order valence-electron chi connectivity index (χ0n) is 5.83. The molecule has 0 aromatic carbocycles. The molecule has 3 nitrogen and oxygen atoms in total. The molecule has 3 N–H and O–H groups in total. The van der Waals surface area contributed by atoms with Gasteiger partial charge in [0.2, 0.25) is 0 Å². The highest BCUT2D eigenvalue weighted by atomic mass is 14.8. The van der Waals surface area contributed by atoms with E-state index in [0.717, 1.165) is 6.21 Å². The first-order chi connectivity index (χ1) is 5.27. The van der Waals surface area contributed by atoms with E-state index in [2.05, 4.69) is 10.9 Å². The third kappa shape index (κ3) is 1.36.